The smallest absolute Gasteiger partial charge is 0.317 e. The second kappa shape index (κ2) is 11.8. The third-order valence-corrected chi connectivity index (χ3v) is 8.21. The van der Waals surface area contributed by atoms with Crippen LogP contribution in [0, 0.1) is 0 Å². The monoisotopic (exact) mass is 595 g/mol. The van der Waals surface area contributed by atoms with Crippen LogP contribution in [0.2, 0.25) is 5.02 Å². The lowest BCUT2D eigenvalue weighted by Crippen LogP contribution is -2.47. The van der Waals surface area contributed by atoms with Crippen LogP contribution in [0.25, 0.3) is 11.0 Å². The van der Waals surface area contributed by atoms with E-state index in [4.69, 9.17) is 21.1 Å². The van der Waals surface area contributed by atoms with Gasteiger partial charge in [0.25, 0.3) is 0 Å². The average Bonchev–Trinajstić information content (AvgIpc) is 3.04. The summed E-state index contributed by atoms with van der Waals surface area (Å²) < 4.78 is 13.8. The van der Waals surface area contributed by atoms with Crippen molar-refractivity contribution in [3.63, 3.8) is 0 Å². The Morgan fingerprint density at radius 2 is 1.47 bits per heavy atom. The Bertz CT molecular complexity index is 1940. The van der Waals surface area contributed by atoms with Crippen molar-refractivity contribution in [3.05, 3.63) is 139 Å². The van der Waals surface area contributed by atoms with E-state index in [1.807, 2.05) is 72.8 Å². The topological polar surface area (TPSA) is 82.8 Å². The van der Waals surface area contributed by atoms with E-state index >= 15 is 0 Å². The minimum absolute atomic E-state index is 0.214. The Hall–Kier alpha value is -4.82. The highest BCUT2D eigenvalue weighted by Crippen LogP contribution is 2.41. The molecule has 1 aromatic heterocycles. The first-order valence-corrected chi connectivity index (χ1v) is 14.3. The number of aromatic nitrogens is 2. The summed E-state index contributed by atoms with van der Waals surface area (Å²) in [5.41, 5.74) is 3.22. The molecule has 5 aromatic rings. The van der Waals surface area contributed by atoms with Gasteiger partial charge in [-0.25, -0.2) is 0 Å². The van der Waals surface area contributed by atoms with Gasteiger partial charge in [0.05, 0.1) is 37.8 Å². The zero-order valence-electron chi connectivity index (χ0n) is 23.8. The number of carbonyl (C=O) groups excluding carboxylic acids is 1. The quantitative estimate of drug-likeness (QED) is 0.246. The largest absolute Gasteiger partial charge is 0.493 e. The molecule has 0 aliphatic carbocycles. The first kappa shape index (κ1) is 28.3. The fraction of sp³-hybridized carbons (Fsp3) is 0.206. The number of hydrogen-bond donors (Lipinski definition) is 0. The lowest BCUT2D eigenvalue weighted by atomic mass is 9.87. The molecule has 43 heavy (non-hydrogen) atoms. The van der Waals surface area contributed by atoms with Crippen LogP contribution in [-0.2, 0) is 24.3 Å². The molecule has 0 saturated heterocycles. The molecule has 8 nitrogen and oxygen atoms in total. The lowest BCUT2D eigenvalue weighted by Gasteiger charge is -2.38. The molecule has 218 valence electrons. The maximum atomic E-state index is 14.2. The summed E-state index contributed by atoms with van der Waals surface area (Å²) in [4.78, 5) is 43.0. The van der Waals surface area contributed by atoms with Gasteiger partial charge in [0, 0.05) is 11.6 Å². The van der Waals surface area contributed by atoms with Gasteiger partial charge in [-0.05, 0) is 59.0 Å². The summed E-state index contributed by atoms with van der Waals surface area (Å²) in [5, 5.41) is 0.396. The summed E-state index contributed by atoms with van der Waals surface area (Å²) in [7, 11) is 3.18. The van der Waals surface area contributed by atoms with Gasteiger partial charge in [0.2, 0.25) is 5.91 Å². The molecule has 2 heterocycles. The predicted molar refractivity (Wildman–Crippen MR) is 166 cm³/mol. The van der Waals surface area contributed by atoms with Gasteiger partial charge in [-0.2, -0.15) is 0 Å². The van der Waals surface area contributed by atoms with E-state index in [0.717, 1.165) is 22.3 Å². The molecule has 1 amide bonds. The van der Waals surface area contributed by atoms with Gasteiger partial charge in [-0.15, -0.1) is 0 Å². The van der Waals surface area contributed by atoms with Gasteiger partial charge in [0.15, 0.2) is 11.5 Å². The number of hydrogen-bond acceptors (Lipinski definition) is 5. The van der Waals surface area contributed by atoms with E-state index in [9.17, 15) is 14.4 Å². The van der Waals surface area contributed by atoms with E-state index in [2.05, 4.69) is 0 Å². The van der Waals surface area contributed by atoms with Crippen LogP contribution >= 0.6 is 11.6 Å². The van der Waals surface area contributed by atoms with Gasteiger partial charge < -0.3 is 14.4 Å². The van der Waals surface area contributed by atoms with Crippen molar-refractivity contribution < 1.29 is 14.3 Å². The number of fused-ring (bicyclic) bond motifs is 2. The van der Waals surface area contributed by atoms with Crippen molar-refractivity contribution in [1.29, 1.82) is 0 Å². The molecule has 1 unspecified atom stereocenters. The molecule has 1 atom stereocenters. The van der Waals surface area contributed by atoms with E-state index < -0.39 is 17.2 Å². The van der Waals surface area contributed by atoms with Crippen LogP contribution in [0.15, 0.2) is 101 Å². The molecule has 4 aromatic carbocycles. The Labute approximate surface area is 253 Å². The number of halogens is 1. The SMILES string of the molecule is COc1cc2c(cc1OC)C(c1ccccc1)N(C(=O)Cn1c(=O)c(=O)n(Cc3ccccc3)c3ccc(Cl)cc31)CC2. The molecule has 0 spiro atoms. The maximum absolute atomic E-state index is 14.2. The fourth-order valence-electron chi connectivity index (χ4n) is 5.91. The second-order valence-electron chi connectivity index (χ2n) is 10.5. The van der Waals surface area contributed by atoms with Crippen molar-refractivity contribution >= 4 is 28.5 Å². The molecule has 1 aliphatic heterocycles. The summed E-state index contributed by atoms with van der Waals surface area (Å²) in [6.45, 7) is 0.314. The van der Waals surface area contributed by atoms with Gasteiger partial charge in [0.1, 0.15) is 6.54 Å². The van der Waals surface area contributed by atoms with E-state index in [1.165, 1.54) is 9.13 Å². The number of nitrogens with zero attached hydrogens (tertiary/aromatic N) is 3. The number of carbonyl (C=O) groups is 1. The third kappa shape index (κ3) is 5.30. The van der Waals surface area contributed by atoms with Crippen LogP contribution in [0.3, 0.4) is 0 Å². The minimum Gasteiger partial charge on any atom is -0.493 e. The molecule has 9 heteroatoms. The fourth-order valence-corrected chi connectivity index (χ4v) is 6.07. The Balaban J connectivity index is 1.44. The molecule has 6 rings (SSSR count). The van der Waals surface area contributed by atoms with Gasteiger partial charge >= 0.3 is 11.1 Å². The minimum atomic E-state index is -0.779. The van der Waals surface area contributed by atoms with E-state index in [-0.39, 0.29) is 19.0 Å². The van der Waals surface area contributed by atoms with Crippen LogP contribution < -0.4 is 20.6 Å². The molecule has 0 radical (unpaired) electrons. The number of ether oxygens (including phenoxy) is 2. The molecular formula is C34H30ClN3O5. The maximum Gasteiger partial charge on any atom is 0.317 e. The van der Waals surface area contributed by atoms with Crippen molar-refractivity contribution in [2.75, 3.05) is 20.8 Å². The zero-order chi connectivity index (χ0) is 30.1. The van der Waals surface area contributed by atoms with E-state index in [1.54, 1.807) is 37.3 Å². The Kier molecular flexibility index (Phi) is 7.78. The standard InChI is InChI=1S/C34H30ClN3O5/c1-42-29-17-24-15-16-36(32(23-11-7-4-8-12-23)26(24)19-30(29)43-2)31(39)21-38-28-18-25(35)13-14-27(28)37(33(40)34(38)41)20-22-9-5-3-6-10-22/h3-14,17-19,32H,15-16,20-21H2,1-2H3. The van der Waals surface area contributed by atoms with E-state index in [0.29, 0.717) is 40.5 Å². The summed E-state index contributed by atoms with van der Waals surface area (Å²) in [5.74, 6) is 0.895. The van der Waals surface area contributed by atoms with Crippen molar-refractivity contribution in [2.24, 2.45) is 0 Å². The summed E-state index contributed by atoms with van der Waals surface area (Å²) in [6.07, 6.45) is 0.588. The molecular weight excluding hydrogens is 566 g/mol. The highest BCUT2D eigenvalue weighted by atomic mass is 35.5. The van der Waals surface area contributed by atoms with Crippen LogP contribution in [0.5, 0.6) is 11.5 Å². The first-order chi connectivity index (χ1) is 20.9. The number of methoxy groups -OCH3 is 2. The zero-order valence-corrected chi connectivity index (χ0v) is 24.6. The highest BCUT2D eigenvalue weighted by Gasteiger charge is 2.34. The molecule has 0 saturated carbocycles. The number of amides is 1. The Morgan fingerprint density at radius 1 is 0.814 bits per heavy atom. The lowest BCUT2D eigenvalue weighted by molar-refractivity contribution is -0.133. The number of rotatable bonds is 7. The number of benzene rings is 4. The van der Waals surface area contributed by atoms with Crippen molar-refractivity contribution in [3.8, 4) is 11.5 Å². The third-order valence-electron chi connectivity index (χ3n) is 7.98. The first-order valence-electron chi connectivity index (χ1n) is 14.0. The average molecular weight is 596 g/mol. The molecule has 0 fully saturated rings. The predicted octanol–water partition coefficient (Wildman–Crippen LogP) is 5.06. The van der Waals surface area contributed by atoms with Crippen LogP contribution in [-0.4, -0.2) is 40.7 Å². The van der Waals surface area contributed by atoms with Gasteiger partial charge in [-0.3, -0.25) is 23.5 Å². The molecule has 0 bridgehead atoms. The van der Waals surface area contributed by atoms with Crippen molar-refractivity contribution in [1.82, 2.24) is 14.0 Å². The normalized spacial score (nSPS) is 14.4. The van der Waals surface area contributed by atoms with Gasteiger partial charge in [-0.1, -0.05) is 72.3 Å². The van der Waals surface area contributed by atoms with Crippen LogP contribution in [0.4, 0.5) is 0 Å². The van der Waals surface area contributed by atoms with Crippen molar-refractivity contribution in [2.45, 2.75) is 25.6 Å². The highest BCUT2D eigenvalue weighted by molar-refractivity contribution is 6.31. The molecule has 1 aliphatic rings. The Morgan fingerprint density at radius 3 is 2.16 bits per heavy atom. The summed E-state index contributed by atoms with van der Waals surface area (Å²) >= 11 is 6.37. The van der Waals surface area contributed by atoms with Crippen LogP contribution in [0.1, 0.15) is 28.3 Å². The second-order valence-corrected chi connectivity index (χ2v) is 10.9. The summed E-state index contributed by atoms with van der Waals surface area (Å²) in [6, 6.07) is 27.6. The molecule has 0 N–H and O–H groups in total.